The van der Waals surface area contributed by atoms with Gasteiger partial charge in [0.25, 0.3) is 0 Å². The fourth-order valence-corrected chi connectivity index (χ4v) is 2.01. The Labute approximate surface area is 120 Å². The van der Waals surface area contributed by atoms with Gasteiger partial charge in [0.2, 0.25) is 0 Å². The van der Waals surface area contributed by atoms with Gasteiger partial charge in [-0.2, -0.15) is 5.26 Å². The van der Waals surface area contributed by atoms with Gasteiger partial charge in [0, 0.05) is 22.4 Å². The van der Waals surface area contributed by atoms with Gasteiger partial charge in [0.05, 0.1) is 17.2 Å². The third-order valence-corrected chi connectivity index (χ3v) is 3.31. The SMILES string of the molecule is CC(C)(C#N)c1cc(-c2cc(Br)cnc2N)ccn1. The molecule has 0 atom stereocenters. The number of hydrogen-bond acceptors (Lipinski definition) is 4. The normalized spacial score (nSPS) is 11.1. The summed E-state index contributed by atoms with van der Waals surface area (Å²) in [5.74, 6) is 0.454. The first-order chi connectivity index (χ1) is 8.94. The molecule has 0 unspecified atom stereocenters. The second-order valence-corrected chi connectivity index (χ2v) is 5.67. The highest BCUT2D eigenvalue weighted by atomic mass is 79.9. The van der Waals surface area contributed by atoms with Crippen molar-refractivity contribution in [3.8, 4) is 17.2 Å². The molecule has 0 fully saturated rings. The zero-order valence-electron chi connectivity index (χ0n) is 10.7. The Hall–Kier alpha value is -1.93. The first-order valence-electron chi connectivity index (χ1n) is 5.73. The summed E-state index contributed by atoms with van der Waals surface area (Å²) in [5.41, 5.74) is 7.70. The average molecular weight is 317 g/mol. The molecule has 2 aromatic rings. The van der Waals surface area contributed by atoms with Gasteiger partial charge in [-0.3, -0.25) is 4.98 Å². The predicted octanol–water partition coefficient (Wildman–Crippen LogP) is 3.29. The van der Waals surface area contributed by atoms with Crippen LogP contribution in [0.3, 0.4) is 0 Å². The van der Waals surface area contributed by atoms with Crippen LogP contribution in [-0.2, 0) is 5.41 Å². The molecule has 0 bridgehead atoms. The number of anilines is 1. The Morgan fingerprint density at radius 2 is 2.05 bits per heavy atom. The summed E-state index contributed by atoms with van der Waals surface area (Å²) in [6, 6.07) is 7.88. The van der Waals surface area contributed by atoms with E-state index in [1.165, 1.54) is 0 Å². The summed E-state index contributed by atoms with van der Waals surface area (Å²) in [5, 5.41) is 9.17. The predicted molar refractivity (Wildman–Crippen MR) is 78.2 cm³/mol. The molecule has 96 valence electrons. The number of pyridine rings is 2. The van der Waals surface area contributed by atoms with E-state index in [1.54, 1.807) is 12.4 Å². The quantitative estimate of drug-likeness (QED) is 0.922. The lowest BCUT2D eigenvalue weighted by atomic mass is 9.89. The lowest BCUT2D eigenvalue weighted by Crippen LogP contribution is -2.15. The van der Waals surface area contributed by atoms with Crippen LogP contribution in [-0.4, -0.2) is 9.97 Å². The molecular weight excluding hydrogens is 304 g/mol. The van der Waals surface area contributed by atoms with E-state index in [4.69, 9.17) is 5.73 Å². The number of rotatable bonds is 2. The molecule has 0 radical (unpaired) electrons. The first kappa shape index (κ1) is 13.5. The van der Waals surface area contributed by atoms with Gasteiger partial charge >= 0.3 is 0 Å². The molecule has 2 rings (SSSR count). The maximum atomic E-state index is 9.17. The maximum absolute atomic E-state index is 9.17. The second-order valence-electron chi connectivity index (χ2n) is 4.75. The van der Waals surface area contributed by atoms with Crippen molar-refractivity contribution in [3.05, 3.63) is 40.8 Å². The van der Waals surface area contributed by atoms with Crippen molar-refractivity contribution in [1.82, 2.24) is 9.97 Å². The van der Waals surface area contributed by atoms with Gasteiger partial charge in [-0.05, 0) is 53.5 Å². The summed E-state index contributed by atoms with van der Waals surface area (Å²) in [4.78, 5) is 8.38. The van der Waals surface area contributed by atoms with Gasteiger partial charge in [-0.1, -0.05) is 0 Å². The molecule has 0 aliphatic rings. The molecule has 0 aromatic carbocycles. The zero-order chi connectivity index (χ0) is 14.0. The highest BCUT2D eigenvalue weighted by Crippen LogP contribution is 2.30. The minimum absolute atomic E-state index is 0.454. The van der Waals surface area contributed by atoms with Gasteiger partial charge in [0.15, 0.2) is 0 Å². The largest absolute Gasteiger partial charge is 0.383 e. The van der Waals surface area contributed by atoms with Crippen LogP contribution in [0.25, 0.3) is 11.1 Å². The summed E-state index contributed by atoms with van der Waals surface area (Å²) < 4.78 is 0.856. The monoisotopic (exact) mass is 316 g/mol. The van der Waals surface area contributed by atoms with E-state index < -0.39 is 5.41 Å². The molecule has 0 aliphatic heterocycles. The average Bonchev–Trinajstić information content (AvgIpc) is 2.41. The standard InChI is InChI=1S/C14H13BrN4/c1-14(2,8-16)12-5-9(3-4-18-12)11-6-10(15)7-19-13(11)17/h3-7H,1-2H3,(H2,17,19). The number of nitrogen functional groups attached to an aromatic ring is 1. The lowest BCUT2D eigenvalue weighted by Gasteiger charge is -2.15. The fourth-order valence-electron chi connectivity index (χ4n) is 1.68. The number of halogens is 1. The number of hydrogen-bond donors (Lipinski definition) is 1. The van der Waals surface area contributed by atoms with E-state index >= 15 is 0 Å². The molecule has 2 aromatic heterocycles. The van der Waals surface area contributed by atoms with E-state index in [-0.39, 0.29) is 0 Å². The van der Waals surface area contributed by atoms with Crippen LogP contribution in [0, 0.1) is 11.3 Å². The van der Waals surface area contributed by atoms with Gasteiger partial charge < -0.3 is 5.73 Å². The summed E-state index contributed by atoms with van der Waals surface area (Å²) in [6.45, 7) is 3.67. The smallest absolute Gasteiger partial charge is 0.131 e. The number of nitrogens with zero attached hydrogens (tertiary/aromatic N) is 3. The molecule has 5 heteroatoms. The molecule has 0 spiro atoms. The van der Waals surface area contributed by atoms with E-state index in [2.05, 4.69) is 32.0 Å². The molecule has 2 heterocycles. The highest BCUT2D eigenvalue weighted by molar-refractivity contribution is 9.10. The van der Waals surface area contributed by atoms with E-state index in [0.717, 1.165) is 15.6 Å². The van der Waals surface area contributed by atoms with Crippen molar-refractivity contribution in [2.45, 2.75) is 19.3 Å². The topological polar surface area (TPSA) is 75.6 Å². The van der Waals surface area contributed by atoms with Crippen molar-refractivity contribution in [2.24, 2.45) is 0 Å². The van der Waals surface area contributed by atoms with Crippen LogP contribution in [0.2, 0.25) is 0 Å². The van der Waals surface area contributed by atoms with Crippen molar-refractivity contribution in [1.29, 1.82) is 5.26 Å². The van der Waals surface area contributed by atoms with Crippen molar-refractivity contribution < 1.29 is 0 Å². The third kappa shape index (κ3) is 2.74. The first-order valence-corrected chi connectivity index (χ1v) is 6.52. The molecule has 2 N–H and O–H groups in total. The summed E-state index contributed by atoms with van der Waals surface area (Å²) in [7, 11) is 0. The molecular formula is C14H13BrN4. The molecule has 4 nitrogen and oxygen atoms in total. The Morgan fingerprint density at radius 1 is 1.32 bits per heavy atom. The van der Waals surface area contributed by atoms with Crippen LogP contribution in [0.1, 0.15) is 19.5 Å². The van der Waals surface area contributed by atoms with Crippen molar-refractivity contribution >= 4 is 21.7 Å². The van der Waals surface area contributed by atoms with E-state index in [9.17, 15) is 5.26 Å². The Morgan fingerprint density at radius 3 is 2.74 bits per heavy atom. The Kier molecular flexibility index (Phi) is 3.54. The van der Waals surface area contributed by atoms with Crippen molar-refractivity contribution in [3.63, 3.8) is 0 Å². The van der Waals surface area contributed by atoms with Crippen molar-refractivity contribution in [2.75, 3.05) is 5.73 Å². The van der Waals surface area contributed by atoms with Crippen LogP contribution in [0.15, 0.2) is 35.1 Å². The molecule has 0 saturated carbocycles. The van der Waals surface area contributed by atoms with E-state index in [0.29, 0.717) is 11.5 Å². The highest BCUT2D eigenvalue weighted by Gasteiger charge is 2.22. The van der Waals surface area contributed by atoms with E-state index in [1.807, 2.05) is 32.0 Å². The summed E-state index contributed by atoms with van der Waals surface area (Å²) in [6.07, 6.45) is 3.34. The lowest BCUT2D eigenvalue weighted by molar-refractivity contribution is 0.660. The minimum atomic E-state index is -0.635. The number of nitriles is 1. The molecule has 19 heavy (non-hydrogen) atoms. The number of aromatic nitrogens is 2. The van der Waals surface area contributed by atoms with Gasteiger partial charge in [-0.25, -0.2) is 4.98 Å². The Bertz CT molecular complexity index is 659. The van der Waals surface area contributed by atoms with Crippen LogP contribution >= 0.6 is 15.9 Å². The number of nitrogens with two attached hydrogens (primary N) is 1. The molecule has 0 saturated heterocycles. The van der Waals surface area contributed by atoms with Crippen LogP contribution in [0.5, 0.6) is 0 Å². The molecule has 0 amide bonds. The Balaban J connectivity index is 2.56. The third-order valence-electron chi connectivity index (χ3n) is 2.88. The van der Waals surface area contributed by atoms with Gasteiger partial charge in [0.1, 0.15) is 5.82 Å². The minimum Gasteiger partial charge on any atom is -0.383 e. The fraction of sp³-hybridized carbons (Fsp3) is 0.214. The van der Waals surface area contributed by atoms with Crippen LogP contribution < -0.4 is 5.73 Å². The maximum Gasteiger partial charge on any atom is 0.131 e. The van der Waals surface area contributed by atoms with Gasteiger partial charge in [-0.15, -0.1) is 0 Å². The molecule has 0 aliphatic carbocycles. The zero-order valence-corrected chi connectivity index (χ0v) is 12.3. The second kappa shape index (κ2) is 4.98. The van der Waals surface area contributed by atoms with Crippen LogP contribution in [0.4, 0.5) is 5.82 Å². The summed E-state index contributed by atoms with van der Waals surface area (Å²) >= 11 is 3.38.